The molecule has 1 aromatic carbocycles. The van der Waals surface area contributed by atoms with Gasteiger partial charge in [0.15, 0.2) is 11.4 Å². The molecule has 3 rings (SSSR count). The van der Waals surface area contributed by atoms with Gasteiger partial charge in [-0.3, -0.25) is 14.5 Å². The topological polar surface area (TPSA) is 115 Å². The summed E-state index contributed by atoms with van der Waals surface area (Å²) in [7, 11) is 0. The van der Waals surface area contributed by atoms with Gasteiger partial charge in [0.1, 0.15) is 16.6 Å². The Hall–Kier alpha value is -3.01. The number of hydrogen-bond acceptors (Lipinski definition) is 6. The molecule has 0 spiro atoms. The van der Waals surface area contributed by atoms with Crippen molar-refractivity contribution >= 4 is 34.2 Å². The Balaban J connectivity index is 1.76. The first-order valence-corrected chi connectivity index (χ1v) is 10.3. The number of primary amides is 1. The van der Waals surface area contributed by atoms with Crippen LogP contribution in [0, 0.1) is 0 Å². The SMILES string of the molecule is CC(C)(F)C(=O)Nc1sc([C@H]2CCCN2C(=O)OCc2ccccc2)nc1C(N)=O. The van der Waals surface area contributed by atoms with E-state index in [9.17, 15) is 18.8 Å². The molecule has 0 radical (unpaired) electrons. The van der Waals surface area contributed by atoms with E-state index in [-0.39, 0.29) is 17.3 Å². The lowest BCUT2D eigenvalue weighted by molar-refractivity contribution is -0.125. The molecule has 3 amide bonds. The van der Waals surface area contributed by atoms with Crippen molar-refractivity contribution in [3.8, 4) is 0 Å². The van der Waals surface area contributed by atoms with E-state index < -0.39 is 29.6 Å². The molecule has 1 aliphatic rings. The summed E-state index contributed by atoms with van der Waals surface area (Å²) < 4.78 is 19.3. The molecule has 1 aromatic heterocycles. The van der Waals surface area contributed by atoms with Crippen LogP contribution in [0.2, 0.25) is 0 Å². The van der Waals surface area contributed by atoms with E-state index >= 15 is 0 Å². The number of nitrogens with two attached hydrogens (primary N) is 1. The Morgan fingerprint density at radius 3 is 2.67 bits per heavy atom. The number of nitrogens with one attached hydrogen (secondary N) is 1. The Kier molecular flexibility index (Phi) is 6.35. The second-order valence-electron chi connectivity index (χ2n) is 7.41. The van der Waals surface area contributed by atoms with Crippen LogP contribution < -0.4 is 11.1 Å². The maximum Gasteiger partial charge on any atom is 0.410 e. The number of ether oxygens (including phenoxy) is 1. The summed E-state index contributed by atoms with van der Waals surface area (Å²) in [6.45, 7) is 2.83. The Labute approximate surface area is 177 Å². The maximum atomic E-state index is 13.9. The average Bonchev–Trinajstić information content (AvgIpc) is 3.33. The van der Waals surface area contributed by atoms with Crippen LogP contribution in [0.15, 0.2) is 30.3 Å². The highest BCUT2D eigenvalue weighted by molar-refractivity contribution is 7.16. The van der Waals surface area contributed by atoms with Crippen LogP contribution in [0.3, 0.4) is 0 Å². The third-order valence-corrected chi connectivity index (χ3v) is 5.69. The summed E-state index contributed by atoms with van der Waals surface area (Å²) in [5.74, 6) is -1.76. The predicted molar refractivity (Wildman–Crippen MR) is 110 cm³/mol. The predicted octanol–water partition coefficient (Wildman–Crippen LogP) is 3.40. The molecule has 2 aromatic rings. The molecule has 2 heterocycles. The number of anilines is 1. The molecule has 8 nitrogen and oxygen atoms in total. The van der Waals surface area contributed by atoms with E-state index in [0.717, 1.165) is 37.2 Å². The van der Waals surface area contributed by atoms with Crippen LogP contribution in [0.4, 0.5) is 14.2 Å². The number of alkyl halides is 1. The Morgan fingerprint density at radius 1 is 1.33 bits per heavy atom. The van der Waals surface area contributed by atoms with Gasteiger partial charge >= 0.3 is 6.09 Å². The van der Waals surface area contributed by atoms with Crippen LogP contribution in [-0.2, 0) is 16.1 Å². The molecule has 160 valence electrons. The molecule has 1 fully saturated rings. The number of nitrogens with zero attached hydrogens (tertiary/aromatic N) is 2. The van der Waals surface area contributed by atoms with Crippen molar-refractivity contribution in [2.45, 2.75) is 45.0 Å². The normalized spacial score (nSPS) is 16.4. The summed E-state index contributed by atoms with van der Waals surface area (Å²) in [4.78, 5) is 42.1. The number of hydrogen-bond donors (Lipinski definition) is 2. The molecule has 1 aliphatic heterocycles. The van der Waals surface area contributed by atoms with Gasteiger partial charge in [-0.25, -0.2) is 14.2 Å². The molecule has 0 unspecified atom stereocenters. The summed E-state index contributed by atoms with van der Waals surface area (Å²) in [5, 5.41) is 2.88. The van der Waals surface area contributed by atoms with Gasteiger partial charge in [0.05, 0.1) is 6.04 Å². The van der Waals surface area contributed by atoms with Gasteiger partial charge in [-0.05, 0) is 32.3 Å². The quantitative estimate of drug-likeness (QED) is 0.723. The number of likely N-dealkylation sites (tertiary alicyclic amines) is 1. The zero-order valence-corrected chi connectivity index (χ0v) is 17.5. The van der Waals surface area contributed by atoms with Crippen LogP contribution >= 0.6 is 11.3 Å². The number of benzene rings is 1. The standard InChI is InChI=1S/C20H23FN4O4S/c1-20(2,21)18(27)24-17-14(15(22)26)23-16(30-17)13-9-6-10-25(13)19(28)29-11-12-7-4-3-5-8-12/h3-5,7-8,13H,6,9-11H2,1-2H3,(H2,22,26)(H,24,27)/t13-/m1/s1. The van der Waals surface area contributed by atoms with E-state index in [2.05, 4.69) is 10.3 Å². The third-order valence-electron chi connectivity index (χ3n) is 4.62. The van der Waals surface area contributed by atoms with Gasteiger partial charge in [-0.15, -0.1) is 0 Å². The van der Waals surface area contributed by atoms with Crippen molar-refractivity contribution in [3.63, 3.8) is 0 Å². The number of carbonyl (C=O) groups is 3. The van der Waals surface area contributed by atoms with E-state index in [0.29, 0.717) is 18.0 Å². The molecule has 1 atom stereocenters. The van der Waals surface area contributed by atoms with Crippen LogP contribution in [0.5, 0.6) is 0 Å². The van der Waals surface area contributed by atoms with E-state index in [1.54, 1.807) is 0 Å². The van der Waals surface area contributed by atoms with E-state index in [4.69, 9.17) is 10.5 Å². The Morgan fingerprint density at radius 2 is 2.03 bits per heavy atom. The monoisotopic (exact) mass is 434 g/mol. The van der Waals surface area contributed by atoms with Crippen molar-refractivity contribution < 1.29 is 23.5 Å². The first-order chi connectivity index (χ1) is 14.2. The number of thiazole rings is 1. The van der Waals surface area contributed by atoms with Crippen molar-refractivity contribution in [3.05, 3.63) is 46.6 Å². The fraction of sp³-hybridized carbons (Fsp3) is 0.400. The molecule has 3 N–H and O–H groups in total. The summed E-state index contributed by atoms with van der Waals surface area (Å²) >= 11 is 1.01. The van der Waals surface area contributed by atoms with Gasteiger partial charge in [0, 0.05) is 6.54 Å². The number of carbonyl (C=O) groups excluding carboxylic acids is 3. The fourth-order valence-corrected chi connectivity index (χ4v) is 4.14. The minimum atomic E-state index is -2.14. The summed E-state index contributed by atoms with van der Waals surface area (Å²) in [6, 6.07) is 8.89. The minimum absolute atomic E-state index is 0.0673. The highest BCUT2D eigenvalue weighted by atomic mass is 32.1. The molecular formula is C20H23FN4O4S. The molecule has 10 heteroatoms. The molecular weight excluding hydrogens is 411 g/mol. The van der Waals surface area contributed by atoms with Gasteiger partial charge in [0.25, 0.3) is 11.8 Å². The van der Waals surface area contributed by atoms with Crippen molar-refractivity contribution in [1.29, 1.82) is 0 Å². The van der Waals surface area contributed by atoms with Crippen LogP contribution in [0.25, 0.3) is 0 Å². The zero-order valence-electron chi connectivity index (χ0n) is 16.7. The van der Waals surface area contributed by atoms with Gasteiger partial charge in [-0.1, -0.05) is 41.7 Å². The zero-order chi connectivity index (χ0) is 21.9. The first kappa shape index (κ1) is 21.7. The van der Waals surface area contributed by atoms with Crippen molar-refractivity contribution in [2.75, 3.05) is 11.9 Å². The van der Waals surface area contributed by atoms with Crippen molar-refractivity contribution in [1.82, 2.24) is 9.88 Å². The summed E-state index contributed by atoms with van der Waals surface area (Å²) in [5.41, 5.74) is 3.94. The first-order valence-electron chi connectivity index (χ1n) is 9.45. The third kappa shape index (κ3) is 4.93. The van der Waals surface area contributed by atoms with Gasteiger partial charge in [-0.2, -0.15) is 0 Å². The van der Waals surface area contributed by atoms with Crippen LogP contribution in [0.1, 0.15) is 53.8 Å². The second-order valence-corrected chi connectivity index (χ2v) is 8.44. The summed E-state index contributed by atoms with van der Waals surface area (Å²) in [6.07, 6.45) is 0.858. The highest BCUT2D eigenvalue weighted by Crippen LogP contribution is 2.38. The average molecular weight is 434 g/mol. The van der Waals surface area contributed by atoms with Crippen molar-refractivity contribution in [2.24, 2.45) is 5.73 Å². The molecule has 0 saturated carbocycles. The maximum absolute atomic E-state index is 13.9. The Bertz CT molecular complexity index is 942. The van der Waals surface area contributed by atoms with Gasteiger partial charge < -0.3 is 15.8 Å². The number of aromatic nitrogens is 1. The van der Waals surface area contributed by atoms with Gasteiger partial charge in [0.2, 0.25) is 0 Å². The molecule has 0 aliphatic carbocycles. The smallest absolute Gasteiger partial charge is 0.410 e. The van der Waals surface area contributed by atoms with E-state index in [1.165, 1.54) is 4.90 Å². The number of rotatable bonds is 6. The minimum Gasteiger partial charge on any atom is -0.445 e. The lowest BCUT2D eigenvalue weighted by Gasteiger charge is -2.22. The molecule has 0 bridgehead atoms. The number of amides is 3. The highest BCUT2D eigenvalue weighted by Gasteiger charge is 2.35. The molecule has 30 heavy (non-hydrogen) atoms. The molecule has 1 saturated heterocycles. The lowest BCUT2D eigenvalue weighted by Crippen LogP contribution is -2.33. The fourth-order valence-electron chi connectivity index (χ4n) is 3.03. The van der Waals surface area contributed by atoms with Crippen LogP contribution in [-0.4, -0.2) is 40.0 Å². The lowest BCUT2D eigenvalue weighted by atomic mass is 10.1. The largest absolute Gasteiger partial charge is 0.445 e. The number of halogens is 1. The second kappa shape index (κ2) is 8.78. The van der Waals surface area contributed by atoms with E-state index in [1.807, 2.05) is 30.3 Å².